The first kappa shape index (κ1) is 8.89. The zero-order valence-corrected chi connectivity index (χ0v) is 8.98. The van der Waals surface area contributed by atoms with Crippen LogP contribution in [0.5, 0.6) is 0 Å². The largest absolute Gasteiger partial charge is 0.372 e. The van der Waals surface area contributed by atoms with Gasteiger partial charge in [0.2, 0.25) is 0 Å². The highest BCUT2D eigenvalue weighted by molar-refractivity contribution is 7.10. The molecular formula is C11H15NOS. The van der Waals surface area contributed by atoms with Crippen molar-refractivity contribution < 1.29 is 4.74 Å². The van der Waals surface area contributed by atoms with E-state index in [2.05, 4.69) is 16.8 Å². The lowest BCUT2D eigenvalue weighted by molar-refractivity contribution is 0.0436. The van der Waals surface area contributed by atoms with Gasteiger partial charge in [-0.25, -0.2) is 0 Å². The third kappa shape index (κ3) is 1.72. The smallest absolute Gasteiger partial charge is 0.0960 e. The van der Waals surface area contributed by atoms with Crippen LogP contribution in [0, 0.1) is 0 Å². The number of thiophene rings is 1. The van der Waals surface area contributed by atoms with Crippen molar-refractivity contribution in [2.75, 3.05) is 13.2 Å². The Morgan fingerprint density at radius 1 is 1.50 bits per heavy atom. The minimum Gasteiger partial charge on any atom is -0.372 e. The highest BCUT2D eigenvalue weighted by atomic mass is 32.1. The third-order valence-electron chi connectivity index (χ3n) is 2.94. The first-order valence-electron chi connectivity index (χ1n) is 5.35. The fourth-order valence-corrected chi connectivity index (χ4v) is 2.87. The number of fused-ring (bicyclic) bond motifs is 1. The van der Waals surface area contributed by atoms with Crippen LogP contribution in [0.15, 0.2) is 11.4 Å². The fraction of sp³-hybridized carbons (Fsp3) is 0.636. The van der Waals surface area contributed by atoms with E-state index in [0.717, 1.165) is 25.6 Å². The van der Waals surface area contributed by atoms with Gasteiger partial charge in [-0.1, -0.05) is 0 Å². The normalized spacial score (nSPS) is 26.1. The third-order valence-corrected chi connectivity index (χ3v) is 3.94. The molecule has 0 bridgehead atoms. The maximum Gasteiger partial charge on any atom is 0.0960 e. The lowest BCUT2D eigenvalue weighted by Crippen LogP contribution is -2.27. The van der Waals surface area contributed by atoms with Crippen molar-refractivity contribution in [3.63, 3.8) is 0 Å². The van der Waals surface area contributed by atoms with Crippen molar-refractivity contribution in [1.82, 2.24) is 5.32 Å². The summed E-state index contributed by atoms with van der Waals surface area (Å²) >= 11 is 1.87. The molecule has 1 aromatic heterocycles. The molecule has 2 heterocycles. The highest BCUT2D eigenvalue weighted by Crippen LogP contribution is 2.31. The Morgan fingerprint density at radius 3 is 3.29 bits per heavy atom. The van der Waals surface area contributed by atoms with Crippen LogP contribution >= 0.6 is 11.3 Å². The first-order chi connectivity index (χ1) is 6.93. The summed E-state index contributed by atoms with van der Waals surface area (Å²) in [5.74, 6) is 0. The number of hydrogen-bond donors (Lipinski definition) is 1. The van der Waals surface area contributed by atoms with E-state index in [0.29, 0.717) is 6.10 Å². The first-order valence-corrected chi connectivity index (χ1v) is 6.23. The predicted molar refractivity (Wildman–Crippen MR) is 57.7 cm³/mol. The Labute approximate surface area is 88.3 Å². The average molecular weight is 209 g/mol. The molecule has 1 saturated carbocycles. The SMILES string of the molecule is c1cc2c(s1)CCOC2CNC1CC1. The molecule has 76 valence electrons. The zero-order valence-electron chi connectivity index (χ0n) is 8.16. The molecule has 2 aliphatic rings. The maximum atomic E-state index is 5.79. The van der Waals surface area contributed by atoms with Gasteiger partial charge in [0.1, 0.15) is 0 Å². The van der Waals surface area contributed by atoms with Crippen molar-refractivity contribution in [1.29, 1.82) is 0 Å². The average Bonchev–Trinajstić information content (AvgIpc) is 2.91. The molecule has 1 aliphatic heterocycles. The molecule has 0 radical (unpaired) electrons. The molecule has 3 heteroatoms. The Kier molecular flexibility index (Phi) is 2.32. The monoisotopic (exact) mass is 209 g/mol. The van der Waals surface area contributed by atoms with Crippen LogP contribution in [0.2, 0.25) is 0 Å². The van der Waals surface area contributed by atoms with Crippen molar-refractivity contribution in [3.8, 4) is 0 Å². The molecule has 0 aromatic carbocycles. The summed E-state index contributed by atoms with van der Waals surface area (Å²) in [6, 6.07) is 3.00. The fourth-order valence-electron chi connectivity index (χ4n) is 1.95. The summed E-state index contributed by atoms with van der Waals surface area (Å²) in [6.07, 6.45) is 4.12. The van der Waals surface area contributed by atoms with Crippen molar-refractivity contribution >= 4 is 11.3 Å². The Bertz CT molecular complexity index is 319. The molecule has 1 unspecified atom stereocenters. The van der Waals surface area contributed by atoms with Gasteiger partial charge in [0.05, 0.1) is 12.7 Å². The number of nitrogens with one attached hydrogen (secondary N) is 1. The Balaban J connectivity index is 1.68. The lowest BCUT2D eigenvalue weighted by Gasteiger charge is -2.23. The summed E-state index contributed by atoms with van der Waals surface area (Å²) < 4.78 is 5.79. The van der Waals surface area contributed by atoms with E-state index in [1.165, 1.54) is 23.3 Å². The summed E-state index contributed by atoms with van der Waals surface area (Å²) in [6.45, 7) is 1.89. The van der Waals surface area contributed by atoms with Crippen LogP contribution in [0.4, 0.5) is 0 Å². The topological polar surface area (TPSA) is 21.3 Å². The minimum atomic E-state index is 0.311. The van der Waals surface area contributed by atoms with E-state index in [1.807, 2.05) is 11.3 Å². The van der Waals surface area contributed by atoms with E-state index in [9.17, 15) is 0 Å². The molecule has 1 aliphatic carbocycles. The van der Waals surface area contributed by atoms with Crippen LogP contribution in [-0.2, 0) is 11.2 Å². The van der Waals surface area contributed by atoms with E-state index in [1.54, 1.807) is 0 Å². The van der Waals surface area contributed by atoms with Crippen LogP contribution in [-0.4, -0.2) is 19.2 Å². The molecular weight excluding hydrogens is 194 g/mol. The quantitative estimate of drug-likeness (QED) is 0.823. The summed E-state index contributed by atoms with van der Waals surface area (Å²) in [5, 5.41) is 5.72. The van der Waals surface area contributed by atoms with E-state index in [4.69, 9.17) is 4.74 Å². The second-order valence-corrected chi connectivity index (χ2v) is 5.09. The Morgan fingerprint density at radius 2 is 2.43 bits per heavy atom. The zero-order chi connectivity index (χ0) is 9.38. The summed E-state index contributed by atoms with van der Waals surface area (Å²) in [5.41, 5.74) is 1.43. The Hall–Kier alpha value is -0.380. The van der Waals surface area contributed by atoms with Gasteiger partial charge in [0.25, 0.3) is 0 Å². The molecule has 1 aromatic rings. The van der Waals surface area contributed by atoms with Crippen LogP contribution in [0.25, 0.3) is 0 Å². The van der Waals surface area contributed by atoms with Gasteiger partial charge in [0.15, 0.2) is 0 Å². The molecule has 0 saturated heterocycles. The van der Waals surface area contributed by atoms with Crippen LogP contribution < -0.4 is 5.32 Å². The molecule has 0 amide bonds. The van der Waals surface area contributed by atoms with Crippen molar-refractivity contribution in [2.24, 2.45) is 0 Å². The van der Waals surface area contributed by atoms with Gasteiger partial charge in [-0.2, -0.15) is 0 Å². The number of rotatable bonds is 3. The molecule has 0 spiro atoms. The summed E-state index contributed by atoms with van der Waals surface area (Å²) in [4.78, 5) is 1.53. The lowest BCUT2D eigenvalue weighted by atomic mass is 10.1. The second kappa shape index (κ2) is 3.65. The van der Waals surface area contributed by atoms with Gasteiger partial charge in [-0.15, -0.1) is 11.3 Å². The van der Waals surface area contributed by atoms with Crippen LogP contribution in [0.1, 0.15) is 29.4 Å². The van der Waals surface area contributed by atoms with E-state index >= 15 is 0 Å². The molecule has 2 nitrogen and oxygen atoms in total. The van der Waals surface area contributed by atoms with Gasteiger partial charge in [-0.3, -0.25) is 0 Å². The van der Waals surface area contributed by atoms with E-state index < -0.39 is 0 Å². The van der Waals surface area contributed by atoms with Crippen LogP contribution in [0.3, 0.4) is 0 Å². The molecule has 1 fully saturated rings. The number of hydrogen-bond acceptors (Lipinski definition) is 3. The van der Waals surface area contributed by atoms with E-state index in [-0.39, 0.29) is 0 Å². The molecule has 14 heavy (non-hydrogen) atoms. The van der Waals surface area contributed by atoms with Gasteiger partial charge < -0.3 is 10.1 Å². The van der Waals surface area contributed by atoms with Crippen molar-refractivity contribution in [2.45, 2.75) is 31.4 Å². The standard InChI is InChI=1S/C11H15NOS/c1-2-8(1)12-7-10-9-4-6-14-11(9)3-5-13-10/h4,6,8,10,12H,1-3,5,7H2. The predicted octanol–water partition coefficient (Wildman–Crippen LogP) is 2.11. The highest BCUT2D eigenvalue weighted by Gasteiger charge is 2.25. The van der Waals surface area contributed by atoms with Gasteiger partial charge >= 0.3 is 0 Å². The number of ether oxygens (including phenoxy) is 1. The maximum absolute atomic E-state index is 5.79. The molecule has 1 N–H and O–H groups in total. The summed E-state index contributed by atoms with van der Waals surface area (Å²) in [7, 11) is 0. The molecule has 1 atom stereocenters. The molecule has 3 rings (SSSR count). The van der Waals surface area contributed by atoms with Gasteiger partial charge in [0, 0.05) is 23.9 Å². The van der Waals surface area contributed by atoms with Gasteiger partial charge in [-0.05, 0) is 29.9 Å². The second-order valence-electron chi connectivity index (χ2n) is 4.09. The van der Waals surface area contributed by atoms with Crippen molar-refractivity contribution in [3.05, 3.63) is 21.9 Å². The minimum absolute atomic E-state index is 0.311.